The van der Waals surface area contributed by atoms with Crippen molar-refractivity contribution in [1.82, 2.24) is 4.98 Å². The molecule has 0 spiro atoms. The fraction of sp³-hybridized carbons (Fsp3) is 0.143. The molecule has 2 aromatic rings. The van der Waals surface area contributed by atoms with Gasteiger partial charge >= 0.3 is 0 Å². The van der Waals surface area contributed by atoms with Gasteiger partial charge in [-0.15, -0.1) is 0 Å². The summed E-state index contributed by atoms with van der Waals surface area (Å²) < 4.78 is 12.7. The second-order valence-electron chi connectivity index (χ2n) is 4.35. The highest BCUT2D eigenvalue weighted by molar-refractivity contribution is 6.03. The third kappa shape index (κ3) is 2.88. The molecule has 1 amide bonds. The number of nitrogen functional groups attached to an aromatic ring is 1. The largest absolute Gasteiger partial charge is 0.399 e. The Bertz CT molecular complexity index is 600. The van der Waals surface area contributed by atoms with E-state index < -0.39 is 5.82 Å². The van der Waals surface area contributed by atoms with Gasteiger partial charge < -0.3 is 11.1 Å². The van der Waals surface area contributed by atoms with Gasteiger partial charge in [-0.05, 0) is 49.2 Å². The summed E-state index contributed by atoms with van der Waals surface area (Å²) in [6.07, 6.45) is 1.01. The highest BCUT2D eigenvalue weighted by atomic mass is 19.1. The van der Waals surface area contributed by atoms with Crippen LogP contribution in [0.15, 0.2) is 30.5 Å². The number of amides is 1. The first-order valence-corrected chi connectivity index (χ1v) is 5.77. The maximum Gasteiger partial charge on any atom is 0.274 e. The van der Waals surface area contributed by atoms with Gasteiger partial charge in [0.15, 0.2) is 0 Å². The molecule has 4 nitrogen and oxygen atoms in total. The predicted octanol–water partition coefficient (Wildman–Crippen LogP) is 2.67. The van der Waals surface area contributed by atoms with Crippen LogP contribution in [0.1, 0.15) is 21.6 Å². The highest BCUT2D eigenvalue weighted by Crippen LogP contribution is 2.23. The average Bonchev–Trinajstić information content (AvgIpc) is 2.34. The minimum Gasteiger partial charge on any atom is -0.399 e. The summed E-state index contributed by atoms with van der Waals surface area (Å²) in [4.78, 5) is 15.7. The van der Waals surface area contributed by atoms with E-state index in [-0.39, 0.29) is 11.6 Å². The summed E-state index contributed by atoms with van der Waals surface area (Å²) in [6.45, 7) is 3.72. The number of anilines is 2. The van der Waals surface area contributed by atoms with E-state index in [1.807, 2.05) is 13.8 Å². The van der Waals surface area contributed by atoms with Crippen molar-refractivity contribution in [3.05, 3.63) is 53.1 Å². The molecule has 0 aliphatic rings. The number of aromatic nitrogens is 1. The smallest absolute Gasteiger partial charge is 0.274 e. The molecule has 2 rings (SSSR count). The summed E-state index contributed by atoms with van der Waals surface area (Å²) in [5.74, 6) is -0.854. The van der Waals surface area contributed by atoms with E-state index >= 15 is 0 Å². The maximum atomic E-state index is 12.7. The molecule has 0 bridgehead atoms. The van der Waals surface area contributed by atoms with E-state index in [0.29, 0.717) is 11.4 Å². The van der Waals surface area contributed by atoms with Crippen LogP contribution in [-0.2, 0) is 0 Å². The Hall–Kier alpha value is -2.43. The molecule has 0 unspecified atom stereocenters. The zero-order chi connectivity index (χ0) is 14.0. The standard InChI is InChI=1S/C14H14FN3O/c1-8-5-11(16)6-9(2)13(8)18-14(19)12-4-3-10(15)7-17-12/h3-7H,16H2,1-2H3,(H,18,19). The zero-order valence-corrected chi connectivity index (χ0v) is 10.7. The van der Waals surface area contributed by atoms with Gasteiger partial charge in [-0.1, -0.05) is 0 Å². The van der Waals surface area contributed by atoms with Crippen LogP contribution in [0.25, 0.3) is 0 Å². The van der Waals surface area contributed by atoms with E-state index in [9.17, 15) is 9.18 Å². The second-order valence-corrected chi connectivity index (χ2v) is 4.35. The van der Waals surface area contributed by atoms with Gasteiger partial charge in [0.05, 0.1) is 6.20 Å². The van der Waals surface area contributed by atoms with Crippen LogP contribution < -0.4 is 11.1 Å². The van der Waals surface area contributed by atoms with Gasteiger partial charge in [0.1, 0.15) is 11.5 Å². The van der Waals surface area contributed by atoms with Crippen LogP contribution >= 0.6 is 0 Å². The van der Waals surface area contributed by atoms with Gasteiger partial charge in [0.25, 0.3) is 5.91 Å². The summed E-state index contributed by atoms with van der Waals surface area (Å²) in [5.41, 5.74) is 8.97. The number of aryl methyl sites for hydroxylation is 2. The quantitative estimate of drug-likeness (QED) is 0.815. The summed E-state index contributed by atoms with van der Waals surface area (Å²) in [5, 5.41) is 2.76. The molecule has 0 fully saturated rings. The molecule has 1 aromatic heterocycles. The third-order valence-electron chi connectivity index (χ3n) is 2.75. The van der Waals surface area contributed by atoms with Gasteiger partial charge in [-0.2, -0.15) is 0 Å². The zero-order valence-electron chi connectivity index (χ0n) is 10.7. The van der Waals surface area contributed by atoms with Crippen molar-refractivity contribution in [2.45, 2.75) is 13.8 Å². The number of rotatable bonds is 2. The van der Waals surface area contributed by atoms with E-state index in [0.717, 1.165) is 17.3 Å². The van der Waals surface area contributed by atoms with Crippen molar-refractivity contribution in [3.63, 3.8) is 0 Å². The number of hydrogen-bond donors (Lipinski definition) is 2. The molecule has 1 heterocycles. The molecule has 19 heavy (non-hydrogen) atoms. The monoisotopic (exact) mass is 259 g/mol. The molecule has 0 radical (unpaired) electrons. The van der Waals surface area contributed by atoms with Crippen LogP contribution in [0, 0.1) is 19.7 Å². The summed E-state index contributed by atoms with van der Waals surface area (Å²) in [7, 11) is 0. The van der Waals surface area contributed by atoms with E-state index in [2.05, 4.69) is 10.3 Å². The maximum absolute atomic E-state index is 12.7. The molecule has 3 N–H and O–H groups in total. The number of nitrogens with two attached hydrogens (primary N) is 1. The van der Waals surface area contributed by atoms with Crippen molar-refractivity contribution in [2.24, 2.45) is 0 Å². The Balaban J connectivity index is 2.26. The number of nitrogens with one attached hydrogen (secondary N) is 1. The van der Waals surface area contributed by atoms with Crippen LogP contribution in [0.5, 0.6) is 0 Å². The van der Waals surface area contributed by atoms with Gasteiger partial charge in [-0.3, -0.25) is 4.79 Å². The van der Waals surface area contributed by atoms with Gasteiger partial charge in [0.2, 0.25) is 0 Å². The first kappa shape index (κ1) is 13.0. The predicted molar refractivity (Wildman–Crippen MR) is 72.5 cm³/mol. The highest BCUT2D eigenvalue weighted by Gasteiger charge is 2.11. The Morgan fingerprint density at radius 2 is 1.89 bits per heavy atom. The lowest BCUT2D eigenvalue weighted by molar-refractivity contribution is 0.102. The van der Waals surface area contributed by atoms with E-state index in [1.54, 1.807) is 12.1 Å². The summed E-state index contributed by atoms with van der Waals surface area (Å²) >= 11 is 0. The number of carbonyl (C=O) groups is 1. The SMILES string of the molecule is Cc1cc(N)cc(C)c1NC(=O)c1ccc(F)cn1. The van der Waals surface area contributed by atoms with E-state index in [4.69, 9.17) is 5.73 Å². The first-order valence-electron chi connectivity index (χ1n) is 5.77. The Kier molecular flexibility index (Phi) is 3.46. The van der Waals surface area contributed by atoms with Crippen LogP contribution in [0.2, 0.25) is 0 Å². The third-order valence-corrected chi connectivity index (χ3v) is 2.75. The lowest BCUT2D eigenvalue weighted by Gasteiger charge is -2.12. The number of carbonyl (C=O) groups excluding carboxylic acids is 1. The fourth-order valence-corrected chi connectivity index (χ4v) is 1.88. The molecule has 0 aliphatic carbocycles. The van der Waals surface area contributed by atoms with Crippen LogP contribution in [-0.4, -0.2) is 10.9 Å². The molecule has 0 saturated heterocycles. The topological polar surface area (TPSA) is 68.0 Å². The number of hydrogen-bond acceptors (Lipinski definition) is 3. The molecule has 0 saturated carbocycles. The molecule has 0 aliphatic heterocycles. The molecule has 98 valence electrons. The minimum atomic E-state index is -0.476. The number of nitrogens with zero attached hydrogens (tertiary/aromatic N) is 1. The van der Waals surface area contributed by atoms with Crippen molar-refractivity contribution in [1.29, 1.82) is 0 Å². The molecular weight excluding hydrogens is 245 g/mol. The lowest BCUT2D eigenvalue weighted by atomic mass is 10.1. The summed E-state index contributed by atoms with van der Waals surface area (Å²) in [6, 6.07) is 6.10. The Morgan fingerprint density at radius 3 is 2.42 bits per heavy atom. The normalized spacial score (nSPS) is 10.3. The average molecular weight is 259 g/mol. The van der Waals surface area contributed by atoms with Crippen molar-refractivity contribution in [3.8, 4) is 0 Å². The lowest BCUT2D eigenvalue weighted by Crippen LogP contribution is -2.15. The van der Waals surface area contributed by atoms with Crippen LogP contribution in [0.4, 0.5) is 15.8 Å². The molecule has 1 aromatic carbocycles. The second kappa shape index (κ2) is 5.06. The number of benzene rings is 1. The Labute approximate surface area is 110 Å². The van der Waals surface area contributed by atoms with Crippen molar-refractivity contribution < 1.29 is 9.18 Å². The van der Waals surface area contributed by atoms with Gasteiger partial charge in [-0.25, -0.2) is 9.37 Å². The number of pyridine rings is 1. The molecule has 5 heteroatoms. The van der Waals surface area contributed by atoms with E-state index in [1.165, 1.54) is 12.1 Å². The first-order chi connectivity index (χ1) is 8.97. The molecular formula is C14H14FN3O. The van der Waals surface area contributed by atoms with Crippen molar-refractivity contribution >= 4 is 17.3 Å². The minimum absolute atomic E-state index is 0.164. The molecule has 0 atom stereocenters. The van der Waals surface area contributed by atoms with Gasteiger partial charge in [0, 0.05) is 11.4 Å². The number of halogens is 1. The van der Waals surface area contributed by atoms with Crippen molar-refractivity contribution in [2.75, 3.05) is 11.1 Å². The van der Waals surface area contributed by atoms with Crippen LogP contribution in [0.3, 0.4) is 0 Å². The fourth-order valence-electron chi connectivity index (χ4n) is 1.88. The Morgan fingerprint density at radius 1 is 1.26 bits per heavy atom.